The Labute approximate surface area is 123 Å². The molecule has 19 heavy (non-hydrogen) atoms. The van der Waals surface area contributed by atoms with Gasteiger partial charge in [-0.25, -0.2) is 0 Å². The van der Waals surface area contributed by atoms with Crippen LogP contribution >= 0.6 is 22.9 Å². The summed E-state index contributed by atoms with van der Waals surface area (Å²) in [4.78, 5) is 0. The molecule has 0 aliphatic carbocycles. The number of hydrogen-bond acceptors (Lipinski definition) is 4. The summed E-state index contributed by atoms with van der Waals surface area (Å²) in [5, 5.41) is 14.6. The third-order valence-electron chi connectivity index (χ3n) is 2.78. The van der Waals surface area contributed by atoms with Crippen molar-refractivity contribution in [2.45, 2.75) is 33.2 Å². The second-order valence-electron chi connectivity index (χ2n) is 4.80. The standard InChI is InChI=1S/C14H18ClN3S/c1-9(2)16-8-7-12-17-18-14(19-12)11-6-4-5-10(3)13(11)15/h4-6,9,16H,7-8H2,1-3H3. The molecule has 0 aliphatic heterocycles. The fraction of sp³-hybridized carbons (Fsp3) is 0.429. The summed E-state index contributed by atoms with van der Waals surface area (Å²) in [5.41, 5.74) is 2.04. The van der Waals surface area contributed by atoms with E-state index in [1.54, 1.807) is 11.3 Å². The summed E-state index contributed by atoms with van der Waals surface area (Å²) in [7, 11) is 0. The molecule has 0 radical (unpaired) electrons. The minimum Gasteiger partial charge on any atom is -0.314 e. The van der Waals surface area contributed by atoms with Gasteiger partial charge in [0.1, 0.15) is 10.0 Å². The molecule has 0 atom stereocenters. The highest BCUT2D eigenvalue weighted by atomic mass is 35.5. The van der Waals surface area contributed by atoms with Crippen LogP contribution in [0.15, 0.2) is 18.2 Å². The molecule has 2 rings (SSSR count). The number of halogens is 1. The Morgan fingerprint density at radius 1 is 1.32 bits per heavy atom. The maximum Gasteiger partial charge on any atom is 0.149 e. The summed E-state index contributed by atoms with van der Waals surface area (Å²) in [5.74, 6) is 0. The molecule has 1 aromatic carbocycles. The van der Waals surface area contributed by atoms with E-state index in [0.717, 1.165) is 39.1 Å². The highest BCUT2D eigenvalue weighted by molar-refractivity contribution is 7.14. The van der Waals surface area contributed by atoms with Crippen LogP contribution < -0.4 is 5.32 Å². The summed E-state index contributed by atoms with van der Waals surface area (Å²) >= 11 is 7.92. The number of aromatic nitrogens is 2. The van der Waals surface area contributed by atoms with Gasteiger partial charge in [-0.3, -0.25) is 0 Å². The first kappa shape index (κ1) is 14.4. The zero-order valence-electron chi connectivity index (χ0n) is 11.4. The first-order valence-electron chi connectivity index (χ1n) is 6.39. The summed E-state index contributed by atoms with van der Waals surface area (Å²) in [6.45, 7) is 7.20. The minimum atomic E-state index is 0.499. The molecule has 102 valence electrons. The van der Waals surface area contributed by atoms with Crippen LogP contribution in [0.4, 0.5) is 0 Å². The van der Waals surface area contributed by atoms with Gasteiger partial charge in [0, 0.05) is 24.6 Å². The van der Waals surface area contributed by atoms with Crippen molar-refractivity contribution in [2.24, 2.45) is 0 Å². The number of nitrogens with zero attached hydrogens (tertiary/aromatic N) is 2. The third kappa shape index (κ3) is 3.75. The third-order valence-corrected chi connectivity index (χ3v) is 4.30. The Kier molecular flexibility index (Phi) is 4.91. The summed E-state index contributed by atoms with van der Waals surface area (Å²) < 4.78 is 0. The Hall–Kier alpha value is -0.970. The number of benzene rings is 1. The molecule has 2 aromatic rings. The van der Waals surface area contributed by atoms with E-state index >= 15 is 0 Å². The molecule has 0 unspecified atom stereocenters. The SMILES string of the molecule is Cc1cccc(-c2nnc(CCNC(C)C)s2)c1Cl. The van der Waals surface area contributed by atoms with Crippen LogP contribution in [0.1, 0.15) is 24.4 Å². The van der Waals surface area contributed by atoms with E-state index in [-0.39, 0.29) is 0 Å². The van der Waals surface area contributed by atoms with Crippen molar-refractivity contribution in [2.75, 3.05) is 6.54 Å². The highest BCUT2D eigenvalue weighted by Crippen LogP contribution is 2.32. The average Bonchev–Trinajstić information content (AvgIpc) is 2.81. The van der Waals surface area contributed by atoms with E-state index in [0.29, 0.717) is 6.04 Å². The van der Waals surface area contributed by atoms with Crippen molar-refractivity contribution >= 4 is 22.9 Å². The number of hydrogen-bond donors (Lipinski definition) is 1. The second kappa shape index (κ2) is 6.46. The molecule has 0 aliphatic rings. The van der Waals surface area contributed by atoms with Crippen LogP contribution in [-0.4, -0.2) is 22.8 Å². The molecule has 1 aromatic heterocycles. The van der Waals surface area contributed by atoms with Gasteiger partial charge in [0.05, 0.1) is 5.02 Å². The number of nitrogens with one attached hydrogen (secondary N) is 1. The summed E-state index contributed by atoms with van der Waals surface area (Å²) in [6.07, 6.45) is 0.902. The molecule has 1 N–H and O–H groups in total. The van der Waals surface area contributed by atoms with Crippen molar-refractivity contribution in [3.63, 3.8) is 0 Å². The van der Waals surface area contributed by atoms with E-state index in [1.165, 1.54) is 0 Å². The normalized spacial score (nSPS) is 11.2. The molecule has 0 bridgehead atoms. The van der Waals surface area contributed by atoms with Crippen molar-refractivity contribution in [1.29, 1.82) is 0 Å². The van der Waals surface area contributed by atoms with Gasteiger partial charge < -0.3 is 5.32 Å². The van der Waals surface area contributed by atoms with E-state index in [1.807, 2.05) is 25.1 Å². The lowest BCUT2D eigenvalue weighted by Gasteiger charge is -2.05. The Balaban J connectivity index is 2.10. The molecular formula is C14H18ClN3S. The molecule has 0 spiro atoms. The highest BCUT2D eigenvalue weighted by Gasteiger charge is 2.11. The summed E-state index contributed by atoms with van der Waals surface area (Å²) in [6, 6.07) is 6.49. The quantitative estimate of drug-likeness (QED) is 0.914. The molecular weight excluding hydrogens is 278 g/mol. The van der Waals surface area contributed by atoms with Crippen molar-refractivity contribution in [3.8, 4) is 10.6 Å². The van der Waals surface area contributed by atoms with Gasteiger partial charge in [-0.15, -0.1) is 10.2 Å². The molecule has 0 fully saturated rings. The fourth-order valence-electron chi connectivity index (χ4n) is 1.74. The van der Waals surface area contributed by atoms with Crippen molar-refractivity contribution in [1.82, 2.24) is 15.5 Å². The Morgan fingerprint density at radius 2 is 2.11 bits per heavy atom. The average molecular weight is 296 g/mol. The number of aryl methyl sites for hydroxylation is 1. The van der Waals surface area contributed by atoms with Gasteiger partial charge in [0.15, 0.2) is 0 Å². The molecule has 3 nitrogen and oxygen atoms in total. The van der Waals surface area contributed by atoms with E-state index in [4.69, 9.17) is 11.6 Å². The lowest BCUT2D eigenvalue weighted by atomic mass is 10.1. The predicted octanol–water partition coefficient (Wildman–Crippen LogP) is 3.71. The maximum atomic E-state index is 6.31. The maximum absolute atomic E-state index is 6.31. The fourth-order valence-corrected chi connectivity index (χ4v) is 2.89. The van der Waals surface area contributed by atoms with Crippen LogP contribution in [0.5, 0.6) is 0 Å². The van der Waals surface area contributed by atoms with Crippen molar-refractivity contribution < 1.29 is 0 Å². The zero-order chi connectivity index (χ0) is 13.8. The Morgan fingerprint density at radius 3 is 2.84 bits per heavy atom. The van der Waals surface area contributed by atoms with Gasteiger partial charge in [0.25, 0.3) is 0 Å². The smallest absolute Gasteiger partial charge is 0.149 e. The first-order chi connectivity index (χ1) is 9.08. The van der Waals surface area contributed by atoms with Gasteiger partial charge in [-0.2, -0.15) is 0 Å². The monoisotopic (exact) mass is 295 g/mol. The van der Waals surface area contributed by atoms with Gasteiger partial charge in [-0.05, 0) is 12.5 Å². The topological polar surface area (TPSA) is 37.8 Å². The molecule has 0 amide bonds. The predicted molar refractivity (Wildman–Crippen MR) is 81.9 cm³/mol. The minimum absolute atomic E-state index is 0.499. The van der Waals surface area contributed by atoms with Gasteiger partial charge >= 0.3 is 0 Å². The zero-order valence-corrected chi connectivity index (χ0v) is 13.0. The lowest BCUT2D eigenvalue weighted by molar-refractivity contribution is 0.588. The largest absolute Gasteiger partial charge is 0.314 e. The molecule has 1 heterocycles. The van der Waals surface area contributed by atoms with Crippen LogP contribution in [0.25, 0.3) is 10.6 Å². The molecule has 0 saturated carbocycles. The van der Waals surface area contributed by atoms with E-state index in [2.05, 4.69) is 29.4 Å². The van der Waals surface area contributed by atoms with E-state index < -0.39 is 0 Å². The van der Waals surface area contributed by atoms with Crippen LogP contribution in [0.3, 0.4) is 0 Å². The Bertz CT molecular complexity index is 551. The van der Waals surface area contributed by atoms with Crippen LogP contribution in [0.2, 0.25) is 5.02 Å². The molecule has 5 heteroatoms. The van der Waals surface area contributed by atoms with Gasteiger partial charge in [-0.1, -0.05) is 55.0 Å². The second-order valence-corrected chi connectivity index (χ2v) is 6.24. The van der Waals surface area contributed by atoms with Gasteiger partial charge in [0.2, 0.25) is 0 Å². The first-order valence-corrected chi connectivity index (χ1v) is 7.58. The van der Waals surface area contributed by atoms with Crippen LogP contribution in [0, 0.1) is 6.92 Å². The molecule has 0 saturated heterocycles. The van der Waals surface area contributed by atoms with Crippen LogP contribution in [-0.2, 0) is 6.42 Å². The van der Waals surface area contributed by atoms with Crippen molar-refractivity contribution in [3.05, 3.63) is 33.8 Å². The van der Waals surface area contributed by atoms with E-state index in [9.17, 15) is 0 Å². The number of rotatable bonds is 5. The lowest BCUT2D eigenvalue weighted by Crippen LogP contribution is -2.24.